The Kier molecular flexibility index (Phi) is 3.52. The average molecular weight is 285 g/mol. The molecule has 2 heterocycles. The molecule has 0 unspecified atom stereocenters. The minimum Gasteiger partial charge on any atom is -0.492 e. The maximum Gasteiger partial charge on any atom is 0.130 e. The van der Waals surface area contributed by atoms with Crippen molar-refractivity contribution in [2.75, 3.05) is 12.3 Å². The highest BCUT2D eigenvalue weighted by Crippen LogP contribution is 2.27. The van der Waals surface area contributed by atoms with E-state index in [0.29, 0.717) is 12.3 Å². The van der Waals surface area contributed by atoms with Crippen LogP contribution in [0.1, 0.15) is 10.6 Å². The van der Waals surface area contributed by atoms with E-state index in [9.17, 15) is 0 Å². The molecule has 0 atom stereocenters. The Balaban J connectivity index is 1.78. The quantitative estimate of drug-likeness (QED) is 0.748. The number of ether oxygens (including phenoxy) is 1. The zero-order chi connectivity index (χ0) is 13.9. The largest absolute Gasteiger partial charge is 0.492 e. The summed E-state index contributed by atoms with van der Waals surface area (Å²) in [5.41, 5.74) is 10.3. The second kappa shape index (κ2) is 5.46. The first-order valence-electron chi connectivity index (χ1n) is 6.40. The summed E-state index contributed by atoms with van der Waals surface area (Å²) in [6.45, 7) is 2.64. The van der Waals surface area contributed by atoms with E-state index >= 15 is 0 Å². The molecule has 0 saturated heterocycles. The number of nitrogens with two attached hydrogens (primary N) is 1. The summed E-state index contributed by atoms with van der Waals surface area (Å²) in [4.78, 5) is 9.81. The molecule has 5 heteroatoms. The van der Waals surface area contributed by atoms with E-state index in [0.717, 1.165) is 28.8 Å². The number of aromatic nitrogens is 2. The van der Waals surface area contributed by atoms with E-state index < -0.39 is 0 Å². The zero-order valence-electron chi connectivity index (χ0n) is 11.2. The van der Waals surface area contributed by atoms with Gasteiger partial charge in [-0.25, -0.2) is 4.98 Å². The van der Waals surface area contributed by atoms with Crippen molar-refractivity contribution in [1.82, 2.24) is 9.97 Å². The Labute approximate surface area is 121 Å². The predicted molar refractivity (Wildman–Crippen MR) is 82.2 cm³/mol. The van der Waals surface area contributed by atoms with E-state index in [1.165, 1.54) is 4.88 Å². The highest BCUT2D eigenvalue weighted by molar-refractivity contribution is 7.09. The van der Waals surface area contributed by atoms with Gasteiger partial charge in [-0.05, 0) is 25.1 Å². The molecule has 0 saturated carbocycles. The summed E-state index contributed by atoms with van der Waals surface area (Å²) in [7, 11) is 0. The van der Waals surface area contributed by atoms with E-state index in [2.05, 4.69) is 9.97 Å². The van der Waals surface area contributed by atoms with Crippen molar-refractivity contribution < 1.29 is 4.74 Å². The molecule has 2 aromatic heterocycles. The van der Waals surface area contributed by atoms with Gasteiger partial charge in [-0.3, -0.25) is 4.98 Å². The van der Waals surface area contributed by atoms with Crippen LogP contribution in [0.5, 0.6) is 5.75 Å². The molecular formula is C15H15N3OS. The number of hydrogen-bond acceptors (Lipinski definition) is 5. The smallest absolute Gasteiger partial charge is 0.130 e. The minimum atomic E-state index is 0.622. The summed E-state index contributed by atoms with van der Waals surface area (Å²) in [5, 5.41) is 0.952. The Morgan fingerprint density at radius 1 is 1.25 bits per heavy atom. The van der Waals surface area contributed by atoms with Crippen LogP contribution in [0.25, 0.3) is 10.9 Å². The summed E-state index contributed by atoms with van der Waals surface area (Å²) < 4.78 is 5.89. The van der Waals surface area contributed by atoms with Gasteiger partial charge < -0.3 is 10.5 Å². The Morgan fingerprint density at radius 3 is 2.95 bits per heavy atom. The van der Waals surface area contributed by atoms with E-state index in [-0.39, 0.29) is 0 Å². The van der Waals surface area contributed by atoms with Crippen molar-refractivity contribution in [3.63, 3.8) is 0 Å². The van der Waals surface area contributed by atoms with Crippen LogP contribution in [-0.4, -0.2) is 16.6 Å². The summed E-state index contributed by atoms with van der Waals surface area (Å²) >= 11 is 1.67. The molecule has 0 fully saturated rings. The van der Waals surface area contributed by atoms with Crippen LogP contribution in [0.4, 0.5) is 5.69 Å². The maximum atomic E-state index is 5.93. The molecule has 2 N–H and O–H groups in total. The first-order valence-corrected chi connectivity index (χ1v) is 7.28. The van der Waals surface area contributed by atoms with Gasteiger partial charge in [-0.15, -0.1) is 11.3 Å². The lowest BCUT2D eigenvalue weighted by Gasteiger charge is -2.09. The van der Waals surface area contributed by atoms with Crippen LogP contribution in [0.15, 0.2) is 36.0 Å². The number of fused-ring (bicyclic) bond motifs is 1. The third-order valence-corrected chi connectivity index (χ3v) is 4.19. The molecule has 0 radical (unpaired) electrons. The van der Waals surface area contributed by atoms with Crippen LogP contribution < -0.4 is 10.5 Å². The van der Waals surface area contributed by atoms with Gasteiger partial charge in [0.25, 0.3) is 0 Å². The number of thiazole rings is 1. The molecule has 20 heavy (non-hydrogen) atoms. The lowest BCUT2D eigenvalue weighted by atomic mass is 10.2. The molecule has 0 bridgehead atoms. The van der Waals surface area contributed by atoms with Gasteiger partial charge in [-0.1, -0.05) is 6.07 Å². The number of benzene rings is 1. The molecule has 0 aliphatic rings. The molecule has 0 aliphatic carbocycles. The normalized spacial score (nSPS) is 10.8. The average Bonchev–Trinajstić information content (AvgIpc) is 2.86. The standard InChI is InChI=1S/C15H15N3OS/c1-10-14(20-9-18-10)6-8-19-13-5-7-17-15-11(13)3-2-4-12(15)16/h2-5,7,9H,6,8,16H2,1H3. The number of aryl methyl sites for hydroxylation is 1. The number of anilines is 1. The number of hydrogen-bond donors (Lipinski definition) is 1. The summed E-state index contributed by atoms with van der Waals surface area (Å²) in [6.07, 6.45) is 2.59. The number of rotatable bonds is 4. The fourth-order valence-electron chi connectivity index (χ4n) is 2.12. The van der Waals surface area contributed by atoms with E-state index in [1.807, 2.05) is 36.7 Å². The SMILES string of the molecule is Cc1ncsc1CCOc1ccnc2c(N)cccc12. The number of nitrogen functional groups attached to an aromatic ring is 1. The van der Waals surface area contributed by atoms with Gasteiger partial charge in [0.05, 0.1) is 29.0 Å². The summed E-state index contributed by atoms with van der Waals surface area (Å²) in [5.74, 6) is 0.824. The van der Waals surface area contributed by atoms with Gasteiger partial charge in [0.1, 0.15) is 5.75 Å². The van der Waals surface area contributed by atoms with Crippen LogP contribution in [0.3, 0.4) is 0 Å². The fraction of sp³-hybridized carbons (Fsp3) is 0.200. The first-order chi connectivity index (χ1) is 9.75. The third-order valence-electron chi connectivity index (χ3n) is 3.19. The van der Waals surface area contributed by atoms with E-state index in [4.69, 9.17) is 10.5 Å². The van der Waals surface area contributed by atoms with Gasteiger partial charge in [0.15, 0.2) is 0 Å². The number of pyridine rings is 1. The van der Waals surface area contributed by atoms with Crippen molar-refractivity contribution in [3.05, 3.63) is 46.5 Å². The maximum absolute atomic E-state index is 5.93. The Bertz CT molecular complexity index is 739. The second-order valence-electron chi connectivity index (χ2n) is 4.51. The highest BCUT2D eigenvalue weighted by Gasteiger charge is 2.06. The highest BCUT2D eigenvalue weighted by atomic mass is 32.1. The Morgan fingerprint density at radius 2 is 2.15 bits per heavy atom. The first kappa shape index (κ1) is 12.9. The van der Waals surface area contributed by atoms with Crippen molar-refractivity contribution in [2.45, 2.75) is 13.3 Å². The molecule has 1 aromatic carbocycles. The molecule has 3 rings (SSSR count). The van der Waals surface area contributed by atoms with Crippen molar-refractivity contribution in [1.29, 1.82) is 0 Å². The second-order valence-corrected chi connectivity index (χ2v) is 5.45. The van der Waals surface area contributed by atoms with Gasteiger partial charge >= 0.3 is 0 Å². The van der Waals surface area contributed by atoms with Crippen LogP contribution in [-0.2, 0) is 6.42 Å². The minimum absolute atomic E-state index is 0.622. The summed E-state index contributed by atoms with van der Waals surface area (Å²) in [6, 6.07) is 7.62. The van der Waals surface area contributed by atoms with Crippen LogP contribution in [0.2, 0.25) is 0 Å². The van der Waals surface area contributed by atoms with Gasteiger partial charge in [0, 0.05) is 22.9 Å². The van der Waals surface area contributed by atoms with Crippen LogP contribution >= 0.6 is 11.3 Å². The molecule has 0 amide bonds. The predicted octanol–water partition coefficient (Wildman–Crippen LogP) is 3.20. The van der Waals surface area contributed by atoms with Gasteiger partial charge in [0.2, 0.25) is 0 Å². The zero-order valence-corrected chi connectivity index (χ0v) is 12.0. The monoisotopic (exact) mass is 285 g/mol. The number of para-hydroxylation sites is 1. The fourth-order valence-corrected chi connectivity index (χ4v) is 2.88. The topological polar surface area (TPSA) is 61.0 Å². The van der Waals surface area contributed by atoms with Crippen molar-refractivity contribution >= 4 is 27.9 Å². The molecular weight excluding hydrogens is 270 g/mol. The van der Waals surface area contributed by atoms with Crippen LogP contribution in [0, 0.1) is 6.92 Å². The van der Waals surface area contributed by atoms with Crippen molar-refractivity contribution in [3.8, 4) is 5.75 Å². The molecule has 0 spiro atoms. The van der Waals surface area contributed by atoms with Crippen molar-refractivity contribution in [2.24, 2.45) is 0 Å². The number of nitrogens with zero attached hydrogens (tertiary/aromatic N) is 2. The third kappa shape index (κ3) is 2.44. The molecule has 102 valence electrons. The molecule has 4 nitrogen and oxygen atoms in total. The lowest BCUT2D eigenvalue weighted by Crippen LogP contribution is -2.02. The Hall–Kier alpha value is -2.14. The molecule has 3 aromatic rings. The van der Waals surface area contributed by atoms with E-state index in [1.54, 1.807) is 17.5 Å². The lowest BCUT2D eigenvalue weighted by molar-refractivity contribution is 0.326. The van der Waals surface area contributed by atoms with Gasteiger partial charge in [-0.2, -0.15) is 0 Å². The molecule has 0 aliphatic heterocycles.